The van der Waals surface area contributed by atoms with Crippen LogP contribution in [0.4, 0.5) is 23.3 Å². The molecule has 0 saturated heterocycles. The maximum Gasteiger partial charge on any atom is 0.269 e. The second kappa shape index (κ2) is 22.6. The van der Waals surface area contributed by atoms with Gasteiger partial charge in [-0.05, 0) is 81.2 Å². The third kappa shape index (κ3) is 12.4. The zero-order valence-electron chi connectivity index (χ0n) is 37.1. The molecule has 2 saturated carbocycles. The first kappa shape index (κ1) is 48.0. The lowest BCUT2D eigenvalue weighted by Crippen LogP contribution is -2.38. The summed E-state index contributed by atoms with van der Waals surface area (Å²) in [6, 6.07) is 29.0. The van der Waals surface area contributed by atoms with Gasteiger partial charge in [0.25, 0.3) is 11.4 Å². The predicted molar refractivity (Wildman–Crippen MR) is 266 cm³/mol. The topological polar surface area (TPSA) is 274 Å². The SMILES string of the molecule is N[C@H]1CCCC(Nc2ncc(Cl)c(-c3n[nH]c4ccccc34)n2)C1.O=Cc1ccc([N+](=O)[O-])cc1.O=[N+]([O-])c1ccc(CN[C@H]2CCCC(Nc3ncc(Cl)c(-c4n[nH]c5ccccc45)n3)C2)cc1. The van der Waals surface area contributed by atoms with Gasteiger partial charge in [0.2, 0.25) is 11.9 Å². The Labute approximate surface area is 405 Å². The molecule has 4 atom stereocenters. The highest BCUT2D eigenvalue weighted by Crippen LogP contribution is 2.33. The van der Waals surface area contributed by atoms with Gasteiger partial charge in [0.05, 0.1) is 43.3 Å². The molecule has 69 heavy (non-hydrogen) atoms. The van der Waals surface area contributed by atoms with Crippen LogP contribution in [0.1, 0.15) is 67.3 Å². The van der Waals surface area contributed by atoms with Crippen molar-refractivity contribution in [2.45, 2.75) is 82.1 Å². The number of carbonyl (C=O) groups is 1. The van der Waals surface area contributed by atoms with Crippen LogP contribution in [-0.2, 0) is 6.54 Å². The summed E-state index contributed by atoms with van der Waals surface area (Å²) in [6.07, 6.45) is 12.2. The van der Waals surface area contributed by atoms with Crippen molar-refractivity contribution < 1.29 is 14.6 Å². The number of nitrogens with one attached hydrogen (secondary N) is 5. The third-order valence-corrected chi connectivity index (χ3v) is 12.5. The quantitative estimate of drug-likeness (QED) is 0.0377. The highest BCUT2D eigenvalue weighted by atomic mass is 35.5. The largest absolute Gasteiger partial charge is 0.351 e. The molecule has 4 aromatic carbocycles. The molecule has 0 bridgehead atoms. The Hall–Kier alpha value is -7.45. The van der Waals surface area contributed by atoms with Crippen LogP contribution in [-0.4, -0.2) is 80.6 Å². The van der Waals surface area contributed by atoms with Crippen molar-refractivity contribution in [3.63, 3.8) is 0 Å². The third-order valence-electron chi connectivity index (χ3n) is 11.9. The number of aldehydes is 1. The van der Waals surface area contributed by atoms with E-state index in [9.17, 15) is 25.0 Å². The molecule has 2 fully saturated rings. The number of H-pyrrole nitrogens is 2. The summed E-state index contributed by atoms with van der Waals surface area (Å²) in [7, 11) is 0. The summed E-state index contributed by atoms with van der Waals surface area (Å²) in [6.45, 7) is 0.670. The van der Waals surface area contributed by atoms with Gasteiger partial charge in [0, 0.05) is 71.3 Å². The zero-order chi connectivity index (χ0) is 48.3. The van der Waals surface area contributed by atoms with Crippen LogP contribution in [0, 0.1) is 20.2 Å². The number of fused-ring (bicyclic) bond motifs is 2. The van der Waals surface area contributed by atoms with Crippen molar-refractivity contribution in [3.8, 4) is 22.8 Å². The fourth-order valence-corrected chi connectivity index (χ4v) is 8.76. The lowest BCUT2D eigenvalue weighted by molar-refractivity contribution is -0.385. The molecule has 7 N–H and O–H groups in total. The first-order valence-corrected chi connectivity index (χ1v) is 23.1. The summed E-state index contributed by atoms with van der Waals surface area (Å²) >= 11 is 12.8. The first-order chi connectivity index (χ1) is 33.5. The van der Waals surface area contributed by atoms with Gasteiger partial charge in [-0.25, -0.2) is 19.9 Å². The summed E-state index contributed by atoms with van der Waals surface area (Å²) in [4.78, 5) is 48.2. The number of hydrogen-bond acceptors (Lipinski definition) is 15. The summed E-state index contributed by atoms with van der Waals surface area (Å²) in [5.74, 6) is 1.10. The van der Waals surface area contributed by atoms with Crippen molar-refractivity contribution in [1.29, 1.82) is 0 Å². The molecule has 2 aliphatic carbocycles. The number of nitrogens with zero attached hydrogens (tertiary/aromatic N) is 8. The van der Waals surface area contributed by atoms with Crippen LogP contribution in [0.2, 0.25) is 10.0 Å². The van der Waals surface area contributed by atoms with Gasteiger partial charge >= 0.3 is 0 Å². The molecule has 2 unspecified atom stereocenters. The second-order valence-electron chi connectivity index (χ2n) is 16.8. The number of nitro benzene ring substituents is 2. The molecule has 0 amide bonds. The molecule has 21 heteroatoms. The first-order valence-electron chi connectivity index (χ1n) is 22.4. The number of non-ortho nitro benzene ring substituents is 2. The monoisotopic (exact) mass is 970 g/mol. The van der Waals surface area contributed by atoms with E-state index < -0.39 is 4.92 Å². The van der Waals surface area contributed by atoms with Gasteiger partial charge in [0.15, 0.2) is 0 Å². The van der Waals surface area contributed by atoms with Crippen LogP contribution in [0.5, 0.6) is 0 Å². The van der Waals surface area contributed by atoms with Crippen molar-refractivity contribution in [1.82, 2.24) is 45.6 Å². The number of carbonyl (C=O) groups excluding carboxylic acids is 1. The van der Waals surface area contributed by atoms with Crippen LogP contribution in [0.3, 0.4) is 0 Å². The fourth-order valence-electron chi connectivity index (χ4n) is 8.40. The maximum absolute atomic E-state index is 10.8. The van der Waals surface area contributed by atoms with E-state index in [1.165, 1.54) is 24.3 Å². The Morgan fingerprint density at radius 3 is 1.62 bits per heavy atom. The molecule has 0 aliphatic heterocycles. The number of aromatic amines is 2. The predicted octanol–water partition coefficient (Wildman–Crippen LogP) is 9.86. The Bertz CT molecular complexity index is 3040. The Kier molecular flexibility index (Phi) is 15.7. The summed E-state index contributed by atoms with van der Waals surface area (Å²) < 4.78 is 0. The van der Waals surface area contributed by atoms with Gasteiger partial charge in [0.1, 0.15) is 29.1 Å². The summed E-state index contributed by atoms with van der Waals surface area (Å²) in [5, 5.41) is 49.1. The Morgan fingerprint density at radius 2 is 1.12 bits per heavy atom. The van der Waals surface area contributed by atoms with Crippen LogP contribution >= 0.6 is 23.2 Å². The Balaban J connectivity index is 0.000000158. The average molecular weight is 972 g/mol. The molecule has 0 radical (unpaired) electrons. The fraction of sp³-hybridized carbons (Fsp3) is 0.271. The number of rotatable bonds is 12. The molecule has 4 aromatic heterocycles. The minimum Gasteiger partial charge on any atom is -0.351 e. The minimum atomic E-state index is -0.505. The van der Waals surface area contributed by atoms with Crippen molar-refractivity contribution >= 4 is 74.6 Å². The number of benzene rings is 4. The number of halogens is 2. The van der Waals surface area contributed by atoms with E-state index in [4.69, 9.17) is 28.9 Å². The molecule has 354 valence electrons. The molecular formula is C48H48Cl2N14O5. The summed E-state index contributed by atoms with van der Waals surface area (Å²) in [5.41, 5.74) is 12.2. The van der Waals surface area contributed by atoms with Crippen molar-refractivity contribution in [2.75, 3.05) is 10.6 Å². The van der Waals surface area contributed by atoms with E-state index >= 15 is 0 Å². The molecule has 2 aliphatic rings. The average Bonchev–Trinajstić information content (AvgIpc) is 4.00. The van der Waals surface area contributed by atoms with Gasteiger partial charge < -0.3 is 21.7 Å². The van der Waals surface area contributed by atoms with Gasteiger partial charge in [-0.15, -0.1) is 0 Å². The van der Waals surface area contributed by atoms with Crippen molar-refractivity contribution in [3.05, 3.63) is 151 Å². The van der Waals surface area contributed by atoms with Crippen LogP contribution in [0.15, 0.2) is 109 Å². The zero-order valence-corrected chi connectivity index (χ0v) is 38.6. The van der Waals surface area contributed by atoms with E-state index in [0.29, 0.717) is 69.5 Å². The van der Waals surface area contributed by atoms with Crippen LogP contribution in [0.25, 0.3) is 44.6 Å². The number of para-hydroxylation sites is 2. The molecule has 8 aromatic rings. The highest BCUT2D eigenvalue weighted by molar-refractivity contribution is 6.33. The molecule has 10 rings (SSSR count). The standard InChI is InChI=1S/C24H24ClN7O2.C17H19ClN6.C7H5NO3/c25-20-14-27-24(29-23(20)22-19-6-1-2-7-21(19)30-31-22)28-17-5-3-4-16(12-17)26-13-15-8-10-18(11-9-15)32(33)34;18-13-9-20-17(21-11-5-3-4-10(19)8-11)22-16(13)15-12-6-1-2-7-14(12)23-24-15;9-5-6-1-3-7(4-2-6)8(10)11/h1-2,6-11,14,16-17,26H,3-5,12-13H2,(H,30,31)(H,27,28,29);1-2,6-7,9-11H,3-5,8,19H2,(H,23,24)(H,20,21,22);1-5H/t16-,17?;10-,11?;/m00./s1. The number of anilines is 2. The van der Waals surface area contributed by atoms with E-state index in [1.807, 2.05) is 48.5 Å². The van der Waals surface area contributed by atoms with Crippen LogP contribution < -0.4 is 21.7 Å². The van der Waals surface area contributed by atoms with Gasteiger partial charge in [-0.2, -0.15) is 10.2 Å². The van der Waals surface area contributed by atoms with E-state index in [2.05, 4.69) is 56.3 Å². The number of nitrogens with two attached hydrogens (primary N) is 1. The molecule has 19 nitrogen and oxygen atoms in total. The number of nitro groups is 2. The van der Waals surface area contributed by atoms with E-state index in [-0.39, 0.29) is 28.4 Å². The lowest BCUT2D eigenvalue weighted by atomic mass is 9.91. The smallest absolute Gasteiger partial charge is 0.269 e. The van der Waals surface area contributed by atoms with Gasteiger partial charge in [-0.1, -0.05) is 71.7 Å². The maximum atomic E-state index is 10.8. The van der Waals surface area contributed by atoms with E-state index in [1.54, 1.807) is 36.7 Å². The van der Waals surface area contributed by atoms with E-state index in [0.717, 1.165) is 84.4 Å². The molecule has 4 heterocycles. The minimum absolute atomic E-state index is 0.00407. The molecular weight excluding hydrogens is 924 g/mol. The van der Waals surface area contributed by atoms with Gasteiger partial charge in [-0.3, -0.25) is 35.2 Å². The normalized spacial score (nSPS) is 17.7. The molecule has 0 spiro atoms. The number of aromatic nitrogens is 8. The second-order valence-corrected chi connectivity index (χ2v) is 17.6. The highest BCUT2D eigenvalue weighted by Gasteiger charge is 2.24. The lowest BCUT2D eigenvalue weighted by Gasteiger charge is -2.30. The van der Waals surface area contributed by atoms with Crippen molar-refractivity contribution in [2.24, 2.45) is 5.73 Å². The Morgan fingerprint density at radius 1 is 0.638 bits per heavy atom. The number of hydrogen-bond donors (Lipinski definition) is 6.